The lowest BCUT2D eigenvalue weighted by Gasteiger charge is -2.37. The fourth-order valence-electron chi connectivity index (χ4n) is 6.79. The Labute approximate surface area is 202 Å². The number of fused-ring (bicyclic) bond motifs is 1. The van der Waals surface area contributed by atoms with E-state index in [4.69, 9.17) is 11.6 Å². The Hall–Kier alpha value is -3.18. The van der Waals surface area contributed by atoms with Gasteiger partial charge in [-0.05, 0) is 54.7 Å². The van der Waals surface area contributed by atoms with Crippen LogP contribution in [0.15, 0.2) is 65.8 Å². The van der Waals surface area contributed by atoms with Gasteiger partial charge in [-0.25, -0.2) is 0 Å². The molecule has 0 N–H and O–H groups in total. The molecule has 3 fully saturated rings. The van der Waals surface area contributed by atoms with E-state index in [2.05, 4.69) is 34.0 Å². The Morgan fingerprint density at radius 2 is 1.62 bits per heavy atom. The predicted molar refractivity (Wildman–Crippen MR) is 131 cm³/mol. The van der Waals surface area contributed by atoms with Crippen molar-refractivity contribution < 1.29 is 9.59 Å². The van der Waals surface area contributed by atoms with Crippen LogP contribution in [0, 0.1) is 42.4 Å². The number of rotatable bonds is 4. The van der Waals surface area contributed by atoms with Crippen LogP contribution in [0.1, 0.15) is 23.2 Å². The number of hydrogen-bond acceptors (Lipinski definition) is 3. The highest BCUT2D eigenvalue weighted by molar-refractivity contribution is 6.31. The molecular formula is C28H24ClN3O2. The second-order valence-corrected chi connectivity index (χ2v) is 10.5. The molecule has 6 heteroatoms. The number of aromatic nitrogens is 1. The minimum absolute atomic E-state index is 0.131. The smallest absolute Gasteiger partial charge is 0.254 e. The average molecular weight is 470 g/mol. The summed E-state index contributed by atoms with van der Waals surface area (Å²) in [7, 11) is 0. The standard InChI is InChI=1S/C28H24ClN3O2/c1-15-22(17-7-3-5-9-24(17)31(15)14-16-6-2-4-8-23(16)29)13-30-32-27(33)25-18-10-11-19(21-12-20(18)21)26(25)28(32)34/h2-11,13,18-21,25-26H,12,14H2,1H3/b30-13-. The first-order valence-electron chi connectivity index (χ1n) is 12.0. The van der Waals surface area contributed by atoms with Gasteiger partial charge in [0.05, 0.1) is 18.1 Å². The molecule has 2 aromatic carbocycles. The molecule has 6 unspecified atom stereocenters. The average Bonchev–Trinajstić information content (AvgIpc) is 3.59. The molecule has 2 heterocycles. The fraction of sp³-hybridized carbons (Fsp3) is 0.321. The van der Waals surface area contributed by atoms with E-state index in [0.29, 0.717) is 18.4 Å². The second kappa shape index (κ2) is 7.16. The summed E-state index contributed by atoms with van der Waals surface area (Å²) in [5.74, 6) is 0.856. The predicted octanol–water partition coefficient (Wildman–Crippen LogP) is 5.04. The van der Waals surface area contributed by atoms with Crippen LogP contribution in [-0.2, 0) is 16.1 Å². The third kappa shape index (κ3) is 2.70. The van der Waals surface area contributed by atoms with Crippen molar-refractivity contribution in [1.82, 2.24) is 9.58 Å². The lowest BCUT2D eigenvalue weighted by Crippen LogP contribution is -2.40. The van der Waals surface area contributed by atoms with Crippen molar-refractivity contribution in [1.29, 1.82) is 0 Å². The van der Waals surface area contributed by atoms with Crippen LogP contribution in [-0.4, -0.2) is 27.6 Å². The molecule has 170 valence electrons. The van der Waals surface area contributed by atoms with Crippen LogP contribution >= 0.6 is 11.6 Å². The molecule has 1 saturated heterocycles. The summed E-state index contributed by atoms with van der Waals surface area (Å²) in [6, 6.07) is 16.0. The van der Waals surface area contributed by atoms with E-state index >= 15 is 0 Å². The number of benzene rings is 2. The van der Waals surface area contributed by atoms with Gasteiger partial charge in [0.15, 0.2) is 0 Å². The Morgan fingerprint density at radius 3 is 2.32 bits per heavy atom. The summed E-state index contributed by atoms with van der Waals surface area (Å²) in [6.07, 6.45) is 7.23. The third-order valence-corrected chi connectivity index (χ3v) is 8.88. The second-order valence-electron chi connectivity index (χ2n) is 10.1. The summed E-state index contributed by atoms with van der Waals surface area (Å²) in [5, 5.41) is 7.43. The van der Waals surface area contributed by atoms with Crippen molar-refractivity contribution in [2.45, 2.75) is 19.9 Å². The van der Waals surface area contributed by atoms with Crippen molar-refractivity contribution in [3.05, 3.63) is 82.5 Å². The number of halogens is 1. The van der Waals surface area contributed by atoms with Gasteiger partial charge in [0.2, 0.25) is 0 Å². The Bertz CT molecular complexity index is 1400. The summed E-state index contributed by atoms with van der Waals surface area (Å²) in [4.78, 5) is 26.6. The van der Waals surface area contributed by atoms with E-state index in [-0.39, 0.29) is 35.5 Å². The SMILES string of the molecule is Cc1c(/C=N\N2C(=O)C3C4C=CC(C5CC45)C3C2=O)c2ccccc2n1Cc1ccccc1Cl. The number of imide groups is 1. The largest absolute Gasteiger partial charge is 0.340 e. The number of para-hydroxylation sites is 1. The van der Waals surface area contributed by atoms with Crippen LogP contribution in [0.3, 0.4) is 0 Å². The third-order valence-electron chi connectivity index (χ3n) is 8.51. The summed E-state index contributed by atoms with van der Waals surface area (Å²) in [6.45, 7) is 2.67. The topological polar surface area (TPSA) is 54.7 Å². The van der Waals surface area contributed by atoms with Gasteiger partial charge in [0.25, 0.3) is 11.8 Å². The zero-order valence-electron chi connectivity index (χ0n) is 18.8. The summed E-state index contributed by atoms with van der Waals surface area (Å²) < 4.78 is 2.21. The summed E-state index contributed by atoms with van der Waals surface area (Å²) in [5.41, 5.74) is 4.04. The molecule has 8 rings (SSSR count). The number of amides is 2. The number of hydrogen-bond donors (Lipinski definition) is 0. The van der Waals surface area contributed by atoms with Crippen LogP contribution < -0.4 is 0 Å². The van der Waals surface area contributed by atoms with Gasteiger partial charge in [0, 0.05) is 33.7 Å². The van der Waals surface area contributed by atoms with E-state index in [1.165, 1.54) is 0 Å². The number of carbonyl (C=O) groups is 2. The normalized spacial score (nSPS) is 31.1. The van der Waals surface area contributed by atoms with Crippen LogP contribution in [0.5, 0.6) is 0 Å². The van der Waals surface area contributed by atoms with Crippen LogP contribution in [0.4, 0.5) is 0 Å². The van der Waals surface area contributed by atoms with E-state index in [1.54, 1.807) is 6.21 Å². The molecule has 34 heavy (non-hydrogen) atoms. The number of carbonyl (C=O) groups excluding carboxylic acids is 2. The number of nitrogens with zero attached hydrogens (tertiary/aromatic N) is 3. The highest BCUT2D eigenvalue weighted by Crippen LogP contribution is 2.65. The van der Waals surface area contributed by atoms with Crippen molar-refractivity contribution in [2.75, 3.05) is 0 Å². The Kier molecular flexibility index (Phi) is 4.26. The minimum Gasteiger partial charge on any atom is -0.340 e. The number of allylic oxidation sites excluding steroid dienone is 2. The van der Waals surface area contributed by atoms with Crippen LogP contribution in [0.25, 0.3) is 10.9 Å². The maximum Gasteiger partial charge on any atom is 0.254 e. The van der Waals surface area contributed by atoms with Gasteiger partial charge in [-0.3, -0.25) is 9.59 Å². The minimum atomic E-state index is -0.230. The molecule has 5 aliphatic rings. The monoisotopic (exact) mass is 469 g/mol. The molecule has 2 bridgehead atoms. The molecule has 6 atom stereocenters. The molecule has 0 spiro atoms. The zero-order chi connectivity index (χ0) is 23.1. The van der Waals surface area contributed by atoms with Gasteiger partial charge >= 0.3 is 0 Å². The molecule has 2 saturated carbocycles. The Balaban J connectivity index is 1.25. The Morgan fingerprint density at radius 1 is 0.971 bits per heavy atom. The van der Waals surface area contributed by atoms with Gasteiger partial charge in [-0.15, -0.1) is 0 Å². The lowest BCUT2D eigenvalue weighted by molar-refractivity contribution is -0.140. The first kappa shape index (κ1) is 20.2. The molecule has 1 aliphatic heterocycles. The molecule has 4 aliphatic carbocycles. The van der Waals surface area contributed by atoms with Crippen molar-refractivity contribution >= 4 is 40.5 Å². The van der Waals surface area contributed by atoms with Gasteiger partial charge < -0.3 is 4.57 Å². The van der Waals surface area contributed by atoms with Gasteiger partial charge in [0.1, 0.15) is 0 Å². The fourth-order valence-corrected chi connectivity index (χ4v) is 6.99. The molecule has 1 aromatic heterocycles. The van der Waals surface area contributed by atoms with E-state index < -0.39 is 0 Å². The van der Waals surface area contributed by atoms with E-state index in [0.717, 1.165) is 44.2 Å². The molecule has 2 amide bonds. The molecular weight excluding hydrogens is 446 g/mol. The highest BCUT2D eigenvalue weighted by Gasteiger charge is 2.67. The quantitative estimate of drug-likeness (QED) is 0.305. The summed E-state index contributed by atoms with van der Waals surface area (Å²) >= 11 is 6.44. The number of hydrazone groups is 1. The van der Waals surface area contributed by atoms with E-state index in [1.807, 2.05) is 43.3 Å². The van der Waals surface area contributed by atoms with Gasteiger partial charge in [-0.1, -0.05) is 60.2 Å². The first-order valence-corrected chi connectivity index (χ1v) is 12.3. The van der Waals surface area contributed by atoms with E-state index in [9.17, 15) is 9.59 Å². The maximum absolute atomic E-state index is 13.3. The molecule has 0 radical (unpaired) electrons. The zero-order valence-corrected chi connectivity index (χ0v) is 19.5. The van der Waals surface area contributed by atoms with Crippen molar-refractivity contribution in [2.24, 2.45) is 40.6 Å². The molecule has 3 aromatic rings. The van der Waals surface area contributed by atoms with Crippen LogP contribution in [0.2, 0.25) is 5.02 Å². The lowest BCUT2D eigenvalue weighted by atomic mass is 9.63. The van der Waals surface area contributed by atoms with Gasteiger partial charge in [-0.2, -0.15) is 10.1 Å². The van der Waals surface area contributed by atoms with Crippen molar-refractivity contribution in [3.63, 3.8) is 0 Å². The maximum atomic E-state index is 13.3. The first-order chi connectivity index (χ1) is 16.5. The molecule has 5 nitrogen and oxygen atoms in total. The van der Waals surface area contributed by atoms with Crippen molar-refractivity contribution in [3.8, 4) is 0 Å². The highest BCUT2D eigenvalue weighted by atomic mass is 35.5.